The molecule has 1 aromatic carbocycles. The standard InChI is InChI=1S/C16H25NO2/c1-13(2)15-7-3-4-8-16(15)19-12-14(18)11-17-9-5-6-10-17/h3-4,7-8,13-14,18H,5-6,9-12H2,1-2H3/t14-/m0/s1. The number of aliphatic hydroxyl groups excluding tert-OH is 1. The predicted octanol–water partition coefficient (Wildman–Crippen LogP) is 2.65. The largest absolute Gasteiger partial charge is 0.491 e. The molecule has 1 aliphatic rings. The molecule has 19 heavy (non-hydrogen) atoms. The fourth-order valence-electron chi connectivity index (χ4n) is 2.59. The average molecular weight is 263 g/mol. The highest BCUT2D eigenvalue weighted by molar-refractivity contribution is 5.35. The summed E-state index contributed by atoms with van der Waals surface area (Å²) in [5.74, 6) is 1.34. The molecule has 0 saturated carbocycles. The zero-order valence-electron chi connectivity index (χ0n) is 12.0. The maximum atomic E-state index is 10.0. The Balaban J connectivity index is 1.84. The summed E-state index contributed by atoms with van der Waals surface area (Å²) in [5.41, 5.74) is 1.20. The molecule has 3 heteroatoms. The molecule has 0 bridgehead atoms. The van der Waals surface area contributed by atoms with Crippen molar-refractivity contribution in [2.45, 2.75) is 38.7 Å². The van der Waals surface area contributed by atoms with E-state index in [1.165, 1.54) is 18.4 Å². The van der Waals surface area contributed by atoms with Gasteiger partial charge in [-0.05, 0) is 43.5 Å². The lowest BCUT2D eigenvalue weighted by molar-refractivity contribution is 0.0753. The third-order valence-corrected chi connectivity index (χ3v) is 3.64. The fraction of sp³-hybridized carbons (Fsp3) is 0.625. The Bertz CT molecular complexity index is 386. The van der Waals surface area contributed by atoms with Gasteiger partial charge < -0.3 is 14.7 Å². The van der Waals surface area contributed by atoms with E-state index in [-0.39, 0.29) is 0 Å². The van der Waals surface area contributed by atoms with Gasteiger partial charge in [0.25, 0.3) is 0 Å². The van der Waals surface area contributed by atoms with Crippen molar-refractivity contribution in [1.29, 1.82) is 0 Å². The Labute approximate surface area is 116 Å². The molecule has 106 valence electrons. The average Bonchev–Trinajstić information content (AvgIpc) is 2.89. The predicted molar refractivity (Wildman–Crippen MR) is 77.7 cm³/mol. The minimum absolute atomic E-state index is 0.375. The Kier molecular flexibility index (Phi) is 5.23. The van der Waals surface area contributed by atoms with Crippen molar-refractivity contribution in [2.75, 3.05) is 26.2 Å². The molecule has 1 heterocycles. The first-order chi connectivity index (χ1) is 9.16. The van der Waals surface area contributed by atoms with Crippen LogP contribution in [0, 0.1) is 0 Å². The molecule has 0 spiro atoms. The van der Waals surface area contributed by atoms with Crippen LogP contribution in [0.5, 0.6) is 5.75 Å². The molecular weight excluding hydrogens is 238 g/mol. The topological polar surface area (TPSA) is 32.7 Å². The SMILES string of the molecule is CC(C)c1ccccc1OC[C@@H](O)CN1CCCC1. The lowest BCUT2D eigenvalue weighted by atomic mass is 10.0. The second kappa shape index (κ2) is 6.92. The number of rotatable bonds is 6. The summed E-state index contributed by atoms with van der Waals surface area (Å²) in [4.78, 5) is 2.31. The van der Waals surface area contributed by atoms with Gasteiger partial charge in [-0.2, -0.15) is 0 Å². The second-order valence-electron chi connectivity index (χ2n) is 5.67. The zero-order valence-corrected chi connectivity index (χ0v) is 12.0. The van der Waals surface area contributed by atoms with Gasteiger partial charge in [0.05, 0.1) is 0 Å². The summed E-state index contributed by atoms with van der Waals surface area (Å²) < 4.78 is 5.79. The van der Waals surface area contributed by atoms with Crippen LogP contribution in [0.3, 0.4) is 0 Å². The highest BCUT2D eigenvalue weighted by Gasteiger charge is 2.16. The number of ether oxygens (including phenoxy) is 1. The molecule has 0 unspecified atom stereocenters. The monoisotopic (exact) mass is 263 g/mol. The van der Waals surface area contributed by atoms with E-state index in [0.29, 0.717) is 12.5 Å². The third-order valence-electron chi connectivity index (χ3n) is 3.64. The van der Waals surface area contributed by atoms with Gasteiger partial charge in [0.15, 0.2) is 0 Å². The van der Waals surface area contributed by atoms with Crippen molar-refractivity contribution in [3.05, 3.63) is 29.8 Å². The fourth-order valence-corrected chi connectivity index (χ4v) is 2.59. The molecule has 1 N–H and O–H groups in total. The maximum Gasteiger partial charge on any atom is 0.122 e. The molecule has 1 aromatic rings. The van der Waals surface area contributed by atoms with Crippen molar-refractivity contribution in [1.82, 2.24) is 4.90 Å². The zero-order chi connectivity index (χ0) is 13.7. The van der Waals surface area contributed by atoms with E-state index in [1.54, 1.807) is 0 Å². The van der Waals surface area contributed by atoms with Crippen LogP contribution in [0.25, 0.3) is 0 Å². The van der Waals surface area contributed by atoms with Crippen molar-refractivity contribution >= 4 is 0 Å². The molecule has 0 aromatic heterocycles. The first-order valence-electron chi connectivity index (χ1n) is 7.29. The van der Waals surface area contributed by atoms with E-state index in [9.17, 15) is 5.11 Å². The van der Waals surface area contributed by atoms with Crippen molar-refractivity contribution < 1.29 is 9.84 Å². The minimum Gasteiger partial charge on any atom is -0.491 e. The Morgan fingerprint density at radius 3 is 2.58 bits per heavy atom. The summed E-state index contributed by atoms with van der Waals surface area (Å²) in [7, 11) is 0. The van der Waals surface area contributed by atoms with Crippen LogP contribution in [-0.4, -0.2) is 42.4 Å². The van der Waals surface area contributed by atoms with Gasteiger partial charge in [-0.25, -0.2) is 0 Å². The first-order valence-corrected chi connectivity index (χ1v) is 7.29. The van der Waals surface area contributed by atoms with Gasteiger partial charge in [-0.1, -0.05) is 32.0 Å². The molecular formula is C16H25NO2. The number of nitrogens with zero attached hydrogens (tertiary/aromatic N) is 1. The van der Waals surface area contributed by atoms with E-state index in [2.05, 4.69) is 24.8 Å². The Morgan fingerprint density at radius 2 is 1.89 bits per heavy atom. The maximum absolute atomic E-state index is 10.0. The molecule has 1 fully saturated rings. The van der Waals surface area contributed by atoms with E-state index in [4.69, 9.17) is 4.74 Å². The van der Waals surface area contributed by atoms with Crippen molar-refractivity contribution in [2.24, 2.45) is 0 Å². The molecule has 1 saturated heterocycles. The highest BCUT2D eigenvalue weighted by Crippen LogP contribution is 2.25. The lowest BCUT2D eigenvalue weighted by Gasteiger charge is -2.20. The normalized spacial score (nSPS) is 17.9. The minimum atomic E-state index is -0.404. The summed E-state index contributed by atoms with van der Waals surface area (Å²) in [6.07, 6.45) is 2.10. The van der Waals surface area contributed by atoms with E-state index in [1.807, 2.05) is 18.2 Å². The molecule has 1 atom stereocenters. The van der Waals surface area contributed by atoms with Gasteiger partial charge in [-0.3, -0.25) is 0 Å². The Morgan fingerprint density at radius 1 is 1.21 bits per heavy atom. The number of hydrogen-bond donors (Lipinski definition) is 1. The second-order valence-corrected chi connectivity index (χ2v) is 5.67. The van der Waals surface area contributed by atoms with Crippen LogP contribution in [0.15, 0.2) is 24.3 Å². The summed E-state index contributed by atoms with van der Waals surface area (Å²) >= 11 is 0. The number of hydrogen-bond acceptors (Lipinski definition) is 3. The molecule has 1 aliphatic heterocycles. The van der Waals surface area contributed by atoms with Gasteiger partial charge in [0.1, 0.15) is 18.5 Å². The summed E-state index contributed by atoms with van der Waals surface area (Å²) in [5, 5.41) is 10.0. The quantitative estimate of drug-likeness (QED) is 0.856. The molecule has 2 rings (SSSR count). The van der Waals surface area contributed by atoms with Crippen molar-refractivity contribution in [3.8, 4) is 5.75 Å². The molecule has 0 amide bonds. The number of benzene rings is 1. The van der Waals surface area contributed by atoms with Crippen LogP contribution in [0.4, 0.5) is 0 Å². The summed E-state index contributed by atoms with van der Waals surface area (Å²) in [6.45, 7) is 7.63. The number of aliphatic hydroxyl groups is 1. The van der Waals surface area contributed by atoms with Gasteiger partial charge in [0, 0.05) is 6.54 Å². The van der Waals surface area contributed by atoms with E-state index in [0.717, 1.165) is 25.4 Å². The third kappa shape index (κ3) is 4.22. The van der Waals surface area contributed by atoms with E-state index < -0.39 is 6.10 Å². The molecule has 3 nitrogen and oxygen atoms in total. The first kappa shape index (κ1) is 14.4. The van der Waals surface area contributed by atoms with Crippen LogP contribution in [-0.2, 0) is 0 Å². The molecule has 0 radical (unpaired) electrons. The lowest BCUT2D eigenvalue weighted by Crippen LogP contribution is -2.33. The smallest absolute Gasteiger partial charge is 0.122 e. The van der Waals surface area contributed by atoms with Crippen molar-refractivity contribution in [3.63, 3.8) is 0 Å². The number of likely N-dealkylation sites (tertiary alicyclic amines) is 1. The van der Waals surface area contributed by atoms with Crippen LogP contribution < -0.4 is 4.74 Å². The van der Waals surface area contributed by atoms with Crippen LogP contribution in [0.2, 0.25) is 0 Å². The number of β-amino-alcohol motifs (C(OH)–C–C–N with tert-alkyl or cyclic N) is 1. The van der Waals surface area contributed by atoms with Crippen LogP contribution in [0.1, 0.15) is 38.2 Å². The molecule has 0 aliphatic carbocycles. The summed E-state index contributed by atoms with van der Waals surface area (Å²) in [6, 6.07) is 8.08. The van der Waals surface area contributed by atoms with Gasteiger partial charge >= 0.3 is 0 Å². The van der Waals surface area contributed by atoms with E-state index >= 15 is 0 Å². The van der Waals surface area contributed by atoms with Gasteiger partial charge in [-0.15, -0.1) is 0 Å². The Hall–Kier alpha value is -1.06. The van der Waals surface area contributed by atoms with Crippen LogP contribution >= 0.6 is 0 Å². The van der Waals surface area contributed by atoms with Gasteiger partial charge in [0.2, 0.25) is 0 Å². The number of para-hydroxylation sites is 1. The highest BCUT2D eigenvalue weighted by atomic mass is 16.5.